The molecule has 2 aromatic rings. The molecular weight excluding hydrogens is 352 g/mol. The van der Waals surface area contributed by atoms with Crippen LogP contribution in [0, 0.1) is 0 Å². The van der Waals surface area contributed by atoms with Gasteiger partial charge >= 0.3 is 5.97 Å². The number of para-hydroxylation sites is 1. The van der Waals surface area contributed by atoms with Crippen molar-refractivity contribution in [3.05, 3.63) is 53.6 Å². The summed E-state index contributed by atoms with van der Waals surface area (Å²) in [7, 11) is 4.59. The van der Waals surface area contributed by atoms with Gasteiger partial charge in [0.05, 0.1) is 26.9 Å². The normalized spacial score (nSPS) is 9.96. The number of carbonyl (C=O) groups excluding carboxylic acids is 1. The summed E-state index contributed by atoms with van der Waals surface area (Å²) in [5, 5.41) is 6.72. The summed E-state index contributed by atoms with van der Waals surface area (Å²) >= 11 is 5.30. The third-order valence-corrected chi connectivity index (χ3v) is 3.97. The lowest BCUT2D eigenvalue weighted by molar-refractivity contribution is 0.0601. The first-order chi connectivity index (χ1) is 12.6. The Balaban J connectivity index is 1.87. The van der Waals surface area contributed by atoms with Crippen LogP contribution in [0.15, 0.2) is 42.5 Å². The van der Waals surface area contributed by atoms with Crippen LogP contribution < -0.4 is 20.1 Å². The van der Waals surface area contributed by atoms with E-state index >= 15 is 0 Å². The quantitative estimate of drug-likeness (QED) is 0.570. The number of nitrogens with one attached hydrogen (secondary N) is 2. The highest BCUT2D eigenvalue weighted by atomic mass is 32.1. The fraction of sp³-hybridized carbons (Fsp3) is 0.263. The van der Waals surface area contributed by atoms with Gasteiger partial charge in [0.25, 0.3) is 0 Å². The molecule has 0 aliphatic carbocycles. The molecule has 26 heavy (non-hydrogen) atoms. The van der Waals surface area contributed by atoms with Crippen LogP contribution in [0.2, 0.25) is 0 Å². The summed E-state index contributed by atoms with van der Waals surface area (Å²) in [6, 6.07) is 12.7. The molecule has 0 saturated carbocycles. The van der Waals surface area contributed by atoms with Crippen LogP contribution in [0.3, 0.4) is 0 Å². The van der Waals surface area contributed by atoms with Crippen molar-refractivity contribution >= 4 is 29.0 Å². The molecule has 0 aliphatic heterocycles. The number of methoxy groups -OCH3 is 3. The predicted octanol–water partition coefficient (Wildman–Crippen LogP) is 3.02. The van der Waals surface area contributed by atoms with E-state index in [1.165, 1.54) is 7.11 Å². The molecule has 7 heteroatoms. The van der Waals surface area contributed by atoms with Crippen molar-refractivity contribution in [3.8, 4) is 11.5 Å². The van der Waals surface area contributed by atoms with Gasteiger partial charge in [0, 0.05) is 12.2 Å². The smallest absolute Gasteiger partial charge is 0.337 e. The second kappa shape index (κ2) is 9.62. The van der Waals surface area contributed by atoms with E-state index in [1.807, 2.05) is 18.2 Å². The van der Waals surface area contributed by atoms with Gasteiger partial charge in [0.1, 0.15) is 0 Å². The van der Waals surface area contributed by atoms with Crippen molar-refractivity contribution in [1.29, 1.82) is 0 Å². The van der Waals surface area contributed by atoms with Gasteiger partial charge in [-0.1, -0.05) is 12.1 Å². The van der Waals surface area contributed by atoms with Gasteiger partial charge in [0.15, 0.2) is 16.6 Å². The molecular formula is C19H22N2O4S. The molecule has 2 aromatic carbocycles. The summed E-state index contributed by atoms with van der Waals surface area (Å²) in [6.07, 6.45) is 0.726. The minimum absolute atomic E-state index is 0.371. The van der Waals surface area contributed by atoms with Crippen LogP contribution in [-0.2, 0) is 11.2 Å². The average Bonchev–Trinajstić information content (AvgIpc) is 2.67. The molecule has 0 heterocycles. The van der Waals surface area contributed by atoms with E-state index in [9.17, 15) is 4.79 Å². The molecule has 0 atom stereocenters. The topological polar surface area (TPSA) is 68.8 Å². The van der Waals surface area contributed by atoms with Crippen LogP contribution in [-0.4, -0.2) is 39.0 Å². The number of carbonyl (C=O) groups is 1. The third-order valence-electron chi connectivity index (χ3n) is 3.73. The Hall–Kier alpha value is -2.80. The molecule has 0 bridgehead atoms. The van der Waals surface area contributed by atoms with Crippen LogP contribution >= 0.6 is 12.2 Å². The Morgan fingerprint density at radius 2 is 1.77 bits per heavy atom. The first kappa shape index (κ1) is 19.5. The number of thiocarbonyl (C=S) groups is 1. The SMILES string of the molecule is COC(=O)c1ccc(NC(=S)NCCc2cccc(OC)c2OC)cc1. The lowest BCUT2D eigenvalue weighted by Crippen LogP contribution is -2.30. The number of benzene rings is 2. The Labute approximate surface area is 158 Å². The maximum absolute atomic E-state index is 11.4. The Bertz CT molecular complexity index is 763. The molecule has 0 radical (unpaired) electrons. The molecule has 138 valence electrons. The van der Waals surface area contributed by atoms with Crippen LogP contribution in [0.25, 0.3) is 0 Å². The molecule has 2 N–H and O–H groups in total. The number of ether oxygens (including phenoxy) is 3. The van der Waals surface area contributed by atoms with Crippen molar-refractivity contribution in [1.82, 2.24) is 5.32 Å². The van der Waals surface area contributed by atoms with E-state index < -0.39 is 0 Å². The average molecular weight is 374 g/mol. The molecule has 2 rings (SSSR count). The summed E-state index contributed by atoms with van der Waals surface area (Å²) in [5.74, 6) is 1.06. The minimum atomic E-state index is -0.371. The molecule has 0 unspecified atom stereocenters. The van der Waals surface area contributed by atoms with Gasteiger partial charge in [-0.2, -0.15) is 0 Å². The van der Waals surface area contributed by atoms with Crippen molar-refractivity contribution in [2.45, 2.75) is 6.42 Å². The van der Waals surface area contributed by atoms with Gasteiger partial charge in [0.2, 0.25) is 0 Å². The molecule has 0 aliphatic rings. The Morgan fingerprint density at radius 3 is 2.38 bits per heavy atom. The largest absolute Gasteiger partial charge is 0.493 e. The highest BCUT2D eigenvalue weighted by molar-refractivity contribution is 7.80. The van der Waals surface area contributed by atoms with Gasteiger partial charge < -0.3 is 24.8 Å². The standard InChI is InChI=1S/C19H22N2O4S/c1-23-16-6-4-5-13(17(16)24-2)11-12-20-19(26)21-15-9-7-14(8-10-15)18(22)25-3/h4-10H,11-12H2,1-3H3,(H2,20,21,26). The first-order valence-electron chi connectivity index (χ1n) is 8.02. The number of hydrogen-bond donors (Lipinski definition) is 2. The zero-order valence-electron chi connectivity index (χ0n) is 15.0. The van der Waals surface area contributed by atoms with Crippen molar-refractivity contribution in [2.75, 3.05) is 33.2 Å². The van der Waals surface area contributed by atoms with Gasteiger partial charge in [-0.25, -0.2) is 4.79 Å². The maximum atomic E-state index is 11.4. The molecule has 0 spiro atoms. The zero-order chi connectivity index (χ0) is 18.9. The Morgan fingerprint density at radius 1 is 1.04 bits per heavy atom. The van der Waals surface area contributed by atoms with E-state index in [0.29, 0.717) is 23.0 Å². The monoisotopic (exact) mass is 374 g/mol. The number of esters is 1. The van der Waals surface area contributed by atoms with Gasteiger partial charge in [-0.05, 0) is 54.5 Å². The maximum Gasteiger partial charge on any atom is 0.337 e. The first-order valence-corrected chi connectivity index (χ1v) is 8.43. The molecule has 0 fully saturated rings. The van der Waals surface area contributed by atoms with Crippen LogP contribution in [0.4, 0.5) is 5.69 Å². The fourth-order valence-corrected chi connectivity index (χ4v) is 2.66. The molecule has 0 aromatic heterocycles. The number of rotatable bonds is 7. The molecule has 0 amide bonds. The molecule has 0 saturated heterocycles. The second-order valence-corrected chi connectivity index (χ2v) is 5.76. The van der Waals surface area contributed by atoms with E-state index in [2.05, 4.69) is 15.4 Å². The van der Waals surface area contributed by atoms with E-state index in [4.69, 9.17) is 21.7 Å². The van der Waals surface area contributed by atoms with Crippen LogP contribution in [0.5, 0.6) is 11.5 Å². The van der Waals surface area contributed by atoms with Gasteiger partial charge in [-0.3, -0.25) is 0 Å². The lowest BCUT2D eigenvalue weighted by atomic mass is 10.1. The predicted molar refractivity (Wildman–Crippen MR) is 105 cm³/mol. The van der Waals surface area contributed by atoms with E-state index in [1.54, 1.807) is 38.5 Å². The van der Waals surface area contributed by atoms with Gasteiger partial charge in [-0.15, -0.1) is 0 Å². The minimum Gasteiger partial charge on any atom is -0.493 e. The number of anilines is 1. The lowest BCUT2D eigenvalue weighted by Gasteiger charge is -2.14. The van der Waals surface area contributed by atoms with Crippen LogP contribution in [0.1, 0.15) is 15.9 Å². The summed E-state index contributed by atoms with van der Waals surface area (Å²) in [5.41, 5.74) is 2.31. The summed E-state index contributed by atoms with van der Waals surface area (Å²) in [6.45, 7) is 0.635. The highest BCUT2D eigenvalue weighted by Gasteiger charge is 2.09. The molecule has 6 nitrogen and oxygen atoms in total. The second-order valence-electron chi connectivity index (χ2n) is 5.35. The fourth-order valence-electron chi connectivity index (χ4n) is 2.44. The van der Waals surface area contributed by atoms with Crippen molar-refractivity contribution < 1.29 is 19.0 Å². The number of hydrogen-bond acceptors (Lipinski definition) is 5. The van der Waals surface area contributed by atoms with E-state index in [0.717, 1.165) is 23.4 Å². The van der Waals surface area contributed by atoms with Crippen molar-refractivity contribution in [3.63, 3.8) is 0 Å². The summed E-state index contributed by atoms with van der Waals surface area (Å²) < 4.78 is 15.4. The van der Waals surface area contributed by atoms with E-state index in [-0.39, 0.29) is 5.97 Å². The van der Waals surface area contributed by atoms with Crippen molar-refractivity contribution in [2.24, 2.45) is 0 Å². The highest BCUT2D eigenvalue weighted by Crippen LogP contribution is 2.30. The Kier molecular flexibility index (Phi) is 7.23. The third kappa shape index (κ3) is 5.10. The zero-order valence-corrected chi connectivity index (χ0v) is 15.8. The summed E-state index contributed by atoms with van der Waals surface area (Å²) in [4.78, 5) is 11.4.